The van der Waals surface area contributed by atoms with Crippen LogP contribution in [0.15, 0.2) is 38.8 Å². The Labute approximate surface area is 123 Å². The molecule has 1 heterocycles. The predicted molar refractivity (Wildman–Crippen MR) is 77.4 cm³/mol. The standard InChI is InChI=1S/C11H10BrClN4S/c1-17(2)10-14-9(13)15-11(16-10)18-8-5-3-4-7(12)6-8/h3-6H,1-2H3. The van der Waals surface area contributed by atoms with Crippen molar-refractivity contribution in [2.75, 3.05) is 19.0 Å². The zero-order valence-corrected chi connectivity index (χ0v) is 12.9. The van der Waals surface area contributed by atoms with E-state index in [0.717, 1.165) is 9.37 Å². The number of benzene rings is 1. The lowest BCUT2D eigenvalue weighted by Gasteiger charge is -2.10. The summed E-state index contributed by atoms with van der Waals surface area (Å²) >= 11 is 10.8. The Hall–Kier alpha value is -0.850. The molecule has 0 N–H and O–H groups in total. The second-order valence-electron chi connectivity index (χ2n) is 3.64. The molecule has 0 saturated carbocycles. The van der Waals surface area contributed by atoms with Crippen LogP contribution in [0.1, 0.15) is 0 Å². The van der Waals surface area contributed by atoms with E-state index in [0.29, 0.717) is 11.1 Å². The van der Waals surface area contributed by atoms with Crippen molar-refractivity contribution >= 4 is 45.2 Å². The minimum absolute atomic E-state index is 0.200. The van der Waals surface area contributed by atoms with Crippen LogP contribution in [-0.4, -0.2) is 29.0 Å². The van der Waals surface area contributed by atoms with Crippen molar-refractivity contribution in [3.05, 3.63) is 34.0 Å². The minimum Gasteiger partial charge on any atom is -0.347 e. The maximum absolute atomic E-state index is 5.88. The van der Waals surface area contributed by atoms with Crippen molar-refractivity contribution in [2.24, 2.45) is 0 Å². The molecule has 94 valence electrons. The molecule has 0 aliphatic heterocycles. The van der Waals surface area contributed by atoms with Gasteiger partial charge in [0.1, 0.15) is 0 Å². The number of halogens is 2. The van der Waals surface area contributed by atoms with E-state index in [1.54, 1.807) is 4.90 Å². The van der Waals surface area contributed by atoms with Crippen molar-refractivity contribution in [1.29, 1.82) is 0 Å². The predicted octanol–water partition coefficient (Wildman–Crippen LogP) is 3.50. The van der Waals surface area contributed by atoms with E-state index in [9.17, 15) is 0 Å². The molecule has 1 aromatic carbocycles. The first kappa shape index (κ1) is 13.6. The van der Waals surface area contributed by atoms with Crippen LogP contribution in [0.4, 0.5) is 5.95 Å². The van der Waals surface area contributed by atoms with E-state index in [-0.39, 0.29) is 5.28 Å². The Bertz CT molecular complexity index is 564. The maximum Gasteiger partial charge on any atom is 0.230 e. The Morgan fingerprint density at radius 2 is 2.00 bits per heavy atom. The van der Waals surface area contributed by atoms with Gasteiger partial charge >= 0.3 is 0 Å². The first-order valence-electron chi connectivity index (χ1n) is 5.07. The number of rotatable bonds is 3. The van der Waals surface area contributed by atoms with Crippen LogP contribution >= 0.6 is 39.3 Å². The highest BCUT2D eigenvalue weighted by Gasteiger charge is 2.08. The van der Waals surface area contributed by atoms with Crippen molar-refractivity contribution in [1.82, 2.24) is 15.0 Å². The van der Waals surface area contributed by atoms with E-state index < -0.39 is 0 Å². The third-order valence-corrected chi connectivity index (χ3v) is 3.50. The number of aromatic nitrogens is 3. The Kier molecular flexibility index (Phi) is 4.42. The van der Waals surface area contributed by atoms with Gasteiger partial charge in [0.25, 0.3) is 0 Å². The molecule has 18 heavy (non-hydrogen) atoms. The quantitative estimate of drug-likeness (QED) is 0.851. The average molecular weight is 346 g/mol. The Balaban J connectivity index is 2.29. The van der Waals surface area contributed by atoms with Crippen LogP contribution in [0.5, 0.6) is 0 Å². The smallest absolute Gasteiger partial charge is 0.230 e. The van der Waals surface area contributed by atoms with Crippen LogP contribution in [0.2, 0.25) is 5.28 Å². The molecule has 0 bridgehead atoms. The molecule has 0 fully saturated rings. The number of anilines is 1. The van der Waals surface area contributed by atoms with Crippen molar-refractivity contribution in [2.45, 2.75) is 10.1 Å². The third-order valence-electron chi connectivity index (χ3n) is 1.98. The molecule has 2 aromatic rings. The average Bonchev–Trinajstić information content (AvgIpc) is 2.28. The van der Waals surface area contributed by atoms with E-state index in [4.69, 9.17) is 11.6 Å². The number of hydrogen-bond acceptors (Lipinski definition) is 5. The lowest BCUT2D eigenvalue weighted by Crippen LogP contribution is -2.13. The molecule has 0 unspecified atom stereocenters. The maximum atomic E-state index is 5.88. The third kappa shape index (κ3) is 3.57. The summed E-state index contributed by atoms with van der Waals surface area (Å²) in [7, 11) is 3.72. The van der Waals surface area contributed by atoms with Gasteiger partial charge in [0.05, 0.1) is 0 Å². The van der Waals surface area contributed by atoms with Crippen LogP contribution < -0.4 is 4.90 Å². The molecule has 4 nitrogen and oxygen atoms in total. The second kappa shape index (κ2) is 5.86. The summed E-state index contributed by atoms with van der Waals surface area (Å²) < 4.78 is 1.01. The van der Waals surface area contributed by atoms with Crippen LogP contribution in [0.25, 0.3) is 0 Å². The zero-order chi connectivity index (χ0) is 13.1. The molecule has 0 atom stereocenters. The van der Waals surface area contributed by atoms with E-state index >= 15 is 0 Å². The number of hydrogen-bond donors (Lipinski definition) is 0. The van der Waals surface area contributed by atoms with Gasteiger partial charge < -0.3 is 4.90 Å². The molecule has 0 aliphatic rings. The fraction of sp³-hybridized carbons (Fsp3) is 0.182. The van der Waals surface area contributed by atoms with Crippen LogP contribution in [0, 0.1) is 0 Å². The van der Waals surface area contributed by atoms with Crippen LogP contribution in [-0.2, 0) is 0 Å². The Morgan fingerprint density at radius 1 is 1.22 bits per heavy atom. The fourth-order valence-electron chi connectivity index (χ4n) is 1.20. The van der Waals surface area contributed by atoms with Gasteiger partial charge in [0.2, 0.25) is 11.2 Å². The molecule has 7 heteroatoms. The van der Waals surface area contributed by atoms with E-state index in [2.05, 4.69) is 30.9 Å². The van der Waals surface area contributed by atoms with E-state index in [1.165, 1.54) is 11.8 Å². The lowest BCUT2D eigenvalue weighted by atomic mass is 10.4. The van der Waals surface area contributed by atoms with Gasteiger partial charge in [0.15, 0.2) is 5.16 Å². The summed E-state index contributed by atoms with van der Waals surface area (Å²) in [6.45, 7) is 0. The molecule has 1 aromatic heterocycles. The molecule has 0 spiro atoms. The minimum atomic E-state index is 0.200. The summed E-state index contributed by atoms with van der Waals surface area (Å²) in [6, 6.07) is 7.91. The molecular weight excluding hydrogens is 336 g/mol. The lowest BCUT2D eigenvalue weighted by molar-refractivity contribution is 0.865. The largest absolute Gasteiger partial charge is 0.347 e. The SMILES string of the molecule is CN(C)c1nc(Cl)nc(Sc2cccc(Br)c2)n1. The monoisotopic (exact) mass is 344 g/mol. The van der Waals surface area contributed by atoms with E-state index in [1.807, 2.05) is 38.4 Å². The molecule has 0 aliphatic carbocycles. The molecule has 0 amide bonds. The van der Waals surface area contributed by atoms with Crippen molar-refractivity contribution < 1.29 is 0 Å². The number of nitrogens with zero attached hydrogens (tertiary/aromatic N) is 4. The topological polar surface area (TPSA) is 41.9 Å². The normalized spacial score (nSPS) is 10.4. The zero-order valence-electron chi connectivity index (χ0n) is 9.76. The van der Waals surface area contributed by atoms with Gasteiger partial charge in [-0.25, -0.2) is 0 Å². The summed E-state index contributed by atoms with van der Waals surface area (Å²) in [4.78, 5) is 15.3. The molecule has 2 rings (SSSR count). The van der Waals surface area contributed by atoms with Gasteiger partial charge in [0, 0.05) is 23.5 Å². The van der Waals surface area contributed by atoms with Gasteiger partial charge in [-0.05, 0) is 41.6 Å². The highest BCUT2D eigenvalue weighted by molar-refractivity contribution is 9.10. The molecule has 0 radical (unpaired) electrons. The Morgan fingerprint density at radius 3 is 2.67 bits per heavy atom. The summed E-state index contributed by atoms with van der Waals surface area (Å²) in [6.07, 6.45) is 0. The first-order valence-corrected chi connectivity index (χ1v) is 7.05. The van der Waals surface area contributed by atoms with Crippen LogP contribution in [0.3, 0.4) is 0 Å². The van der Waals surface area contributed by atoms with Crippen molar-refractivity contribution in [3.8, 4) is 0 Å². The highest BCUT2D eigenvalue weighted by atomic mass is 79.9. The molecular formula is C11H10BrClN4S. The fourth-order valence-corrected chi connectivity index (χ4v) is 2.76. The summed E-state index contributed by atoms with van der Waals surface area (Å²) in [5, 5.41) is 0.781. The van der Waals surface area contributed by atoms with Gasteiger partial charge in [-0.15, -0.1) is 0 Å². The molecule has 0 saturated heterocycles. The van der Waals surface area contributed by atoms with Gasteiger partial charge in [-0.1, -0.05) is 22.0 Å². The second-order valence-corrected chi connectivity index (χ2v) is 5.94. The van der Waals surface area contributed by atoms with Gasteiger partial charge in [-0.2, -0.15) is 15.0 Å². The summed E-state index contributed by atoms with van der Waals surface area (Å²) in [5.41, 5.74) is 0. The summed E-state index contributed by atoms with van der Waals surface area (Å²) in [5.74, 6) is 0.549. The van der Waals surface area contributed by atoms with Crippen molar-refractivity contribution in [3.63, 3.8) is 0 Å². The van der Waals surface area contributed by atoms with Gasteiger partial charge in [-0.3, -0.25) is 0 Å². The first-order chi connectivity index (χ1) is 8.54. The highest BCUT2D eigenvalue weighted by Crippen LogP contribution is 2.28.